The van der Waals surface area contributed by atoms with Gasteiger partial charge in [-0.1, -0.05) is 54.1 Å². The lowest BCUT2D eigenvalue weighted by molar-refractivity contribution is -0.308. The number of aryl methyl sites for hydroxylation is 2. The van der Waals surface area contributed by atoms with Crippen molar-refractivity contribution in [2.75, 3.05) is 0 Å². The quantitative estimate of drug-likeness (QED) is 0.331. The van der Waals surface area contributed by atoms with Crippen LogP contribution in [-0.2, 0) is 16.0 Å². The molecule has 7 nitrogen and oxygen atoms in total. The van der Waals surface area contributed by atoms with Crippen LogP contribution in [0.4, 0.5) is 0 Å². The van der Waals surface area contributed by atoms with Crippen molar-refractivity contribution in [3.8, 4) is 11.1 Å². The van der Waals surface area contributed by atoms with Crippen LogP contribution in [0.15, 0.2) is 80.6 Å². The first-order valence-corrected chi connectivity index (χ1v) is 11.9. The van der Waals surface area contributed by atoms with Crippen molar-refractivity contribution in [2.45, 2.75) is 26.3 Å². The van der Waals surface area contributed by atoms with Crippen LogP contribution in [-0.4, -0.2) is 11.9 Å². The number of carbonyl (C=O) groups is 2. The van der Waals surface area contributed by atoms with Gasteiger partial charge in [0.15, 0.2) is 0 Å². The summed E-state index contributed by atoms with van der Waals surface area (Å²) >= 11 is 6.04. The first-order chi connectivity index (χ1) is 17.7. The Morgan fingerprint density at radius 1 is 0.973 bits per heavy atom. The molecule has 2 heterocycles. The van der Waals surface area contributed by atoms with Gasteiger partial charge in [-0.05, 0) is 48.7 Å². The number of carboxylic acids is 1. The predicted octanol–water partition coefficient (Wildman–Crippen LogP) is 4.63. The molecule has 0 aliphatic carbocycles. The number of fused-ring (bicyclic) bond motifs is 2. The number of carbonyl (C=O) groups excluding carboxylic acids is 2. The van der Waals surface area contributed by atoms with Crippen molar-refractivity contribution in [1.82, 2.24) is 5.32 Å². The Morgan fingerprint density at radius 2 is 1.68 bits per heavy atom. The van der Waals surface area contributed by atoms with E-state index in [9.17, 15) is 19.5 Å². The smallest absolute Gasteiger partial charge is 0.340 e. The molecule has 5 aromatic rings. The molecule has 0 aliphatic rings. The fourth-order valence-corrected chi connectivity index (χ4v) is 4.68. The molecule has 0 bridgehead atoms. The van der Waals surface area contributed by atoms with Gasteiger partial charge in [0.2, 0.25) is 5.91 Å². The van der Waals surface area contributed by atoms with E-state index in [-0.39, 0.29) is 12.0 Å². The number of halogens is 1. The Bertz CT molecular complexity index is 1720. The van der Waals surface area contributed by atoms with E-state index in [2.05, 4.69) is 5.32 Å². The number of hydrogen-bond donors (Lipinski definition) is 1. The Morgan fingerprint density at radius 3 is 2.35 bits per heavy atom. The maximum absolute atomic E-state index is 12.9. The molecule has 37 heavy (non-hydrogen) atoms. The molecule has 0 unspecified atom stereocenters. The third-order valence-electron chi connectivity index (χ3n) is 6.51. The average molecular weight is 515 g/mol. The van der Waals surface area contributed by atoms with E-state index >= 15 is 0 Å². The van der Waals surface area contributed by atoms with Gasteiger partial charge in [-0.2, -0.15) is 0 Å². The average Bonchev–Trinajstić information content (AvgIpc) is 3.31. The van der Waals surface area contributed by atoms with E-state index in [0.29, 0.717) is 38.3 Å². The number of furan rings is 1. The lowest BCUT2D eigenvalue weighted by atomic mass is 9.97. The number of rotatable bonds is 6. The Hall–Kier alpha value is -4.36. The fourth-order valence-electron chi connectivity index (χ4n) is 4.55. The molecular formula is C29H21ClNO6-. The molecule has 0 saturated heterocycles. The molecule has 1 amide bonds. The molecule has 3 aromatic carbocycles. The van der Waals surface area contributed by atoms with Crippen molar-refractivity contribution in [2.24, 2.45) is 0 Å². The van der Waals surface area contributed by atoms with Crippen LogP contribution in [0, 0.1) is 13.8 Å². The summed E-state index contributed by atoms with van der Waals surface area (Å²) < 4.78 is 11.5. The minimum atomic E-state index is -1.45. The van der Waals surface area contributed by atoms with Crippen molar-refractivity contribution in [3.05, 3.63) is 105 Å². The second kappa shape index (κ2) is 9.59. The summed E-state index contributed by atoms with van der Waals surface area (Å²) in [7, 11) is 0. The minimum absolute atomic E-state index is 0.144. The highest BCUT2D eigenvalue weighted by atomic mass is 35.5. The molecule has 2 aromatic heterocycles. The zero-order chi connectivity index (χ0) is 26.3. The topological polar surface area (TPSA) is 113 Å². The van der Waals surface area contributed by atoms with E-state index < -0.39 is 23.5 Å². The van der Waals surface area contributed by atoms with Gasteiger partial charge in [0.1, 0.15) is 11.2 Å². The molecule has 8 heteroatoms. The third kappa shape index (κ3) is 4.49. The first kappa shape index (κ1) is 24.3. The number of carboxylic acid groups (broad SMARTS) is 1. The van der Waals surface area contributed by atoms with E-state index in [4.69, 9.17) is 20.4 Å². The van der Waals surface area contributed by atoms with E-state index in [1.165, 1.54) is 0 Å². The highest BCUT2D eigenvalue weighted by Gasteiger charge is 2.22. The summed E-state index contributed by atoms with van der Waals surface area (Å²) in [5.74, 6) is -2.09. The SMILES string of the molecule is Cc1c(CC(=O)N[C@H](C(=O)[O-])c2ccccc2)c(=O)oc2c(C)c3occ(-c4ccc(Cl)cc4)c3cc12. The second-order valence-corrected chi connectivity index (χ2v) is 9.25. The van der Waals surface area contributed by atoms with Crippen molar-refractivity contribution >= 4 is 45.4 Å². The van der Waals surface area contributed by atoms with Crippen LogP contribution in [0.1, 0.15) is 28.3 Å². The maximum Gasteiger partial charge on any atom is 0.340 e. The number of hydrogen-bond acceptors (Lipinski definition) is 6. The molecule has 1 N–H and O–H groups in total. The van der Waals surface area contributed by atoms with Crippen LogP contribution < -0.4 is 16.0 Å². The largest absolute Gasteiger partial charge is 0.548 e. The van der Waals surface area contributed by atoms with Gasteiger partial charge >= 0.3 is 5.63 Å². The third-order valence-corrected chi connectivity index (χ3v) is 6.76. The summed E-state index contributed by atoms with van der Waals surface area (Å²) in [6, 6.07) is 16.1. The van der Waals surface area contributed by atoms with Crippen LogP contribution >= 0.6 is 11.6 Å². The summed E-state index contributed by atoms with van der Waals surface area (Å²) in [6.45, 7) is 3.54. The molecule has 0 aliphatic heterocycles. The maximum atomic E-state index is 12.9. The molecule has 0 fully saturated rings. The number of nitrogens with one attached hydrogen (secondary N) is 1. The molecule has 5 rings (SSSR count). The van der Waals surface area contributed by atoms with Crippen LogP contribution in [0.2, 0.25) is 5.02 Å². The van der Waals surface area contributed by atoms with E-state index in [1.807, 2.05) is 18.2 Å². The predicted molar refractivity (Wildman–Crippen MR) is 138 cm³/mol. The highest BCUT2D eigenvalue weighted by molar-refractivity contribution is 6.30. The summed E-state index contributed by atoms with van der Waals surface area (Å²) in [4.78, 5) is 37.4. The molecule has 0 spiro atoms. The summed E-state index contributed by atoms with van der Waals surface area (Å²) in [5.41, 5.74) is 3.78. The Balaban J connectivity index is 1.55. The monoisotopic (exact) mass is 514 g/mol. The van der Waals surface area contributed by atoms with Gasteiger partial charge in [0, 0.05) is 26.9 Å². The molecule has 1 atom stereocenters. The standard InChI is InChI=1S/C29H22ClNO6/c1-15-20-12-22-23(17-8-10-19(30)11-9-17)14-36-26(22)16(2)27(20)37-29(35)21(15)13-24(32)31-25(28(33)34)18-6-4-3-5-7-18/h3-12,14,25H,13H2,1-2H3,(H,31,32)(H,33,34)/p-1/t25-/m0/s1. The van der Waals surface area contributed by atoms with Gasteiger partial charge in [0.05, 0.1) is 30.3 Å². The lowest BCUT2D eigenvalue weighted by Gasteiger charge is -2.20. The van der Waals surface area contributed by atoms with Crippen LogP contribution in [0.5, 0.6) is 0 Å². The molecule has 0 radical (unpaired) electrons. The van der Waals surface area contributed by atoms with Gasteiger partial charge in [0.25, 0.3) is 0 Å². The second-order valence-electron chi connectivity index (χ2n) is 8.81. The van der Waals surface area contributed by atoms with Gasteiger partial charge in [-0.25, -0.2) is 4.79 Å². The highest BCUT2D eigenvalue weighted by Crippen LogP contribution is 2.37. The number of aliphatic carboxylic acids is 1. The van der Waals surface area contributed by atoms with Crippen molar-refractivity contribution in [1.29, 1.82) is 0 Å². The Kier molecular flexibility index (Phi) is 6.31. The summed E-state index contributed by atoms with van der Waals surface area (Å²) in [6.07, 6.45) is 1.29. The number of amides is 1. The fraction of sp³-hybridized carbons (Fsp3) is 0.138. The minimum Gasteiger partial charge on any atom is -0.548 e. The first-order valence-electron chi connectivity index (χ1n) is 11.5. The summed E-state index contributed by atoms with van der Waals surface area (Å²) in [5, 5.41) is 16.2. The molecular weight excluding hydrogens is 494 g/mol. The molecule has 186 valence electrons. The molecule has 0 saturated carbocycles. The van der Waals surface area contributed by atoms with Gasteiger partial charge in [-0.15, -0.1) is 0 Å². The lowest BCUT2D eigenvalue weighted by Crippen LogP contribution is -2.42. The normalized spacial score (nSPS) is 12.1. The van der Waals surface area contributed by atoms with Crippen LogP contribution in [0.3, 0.4) is 0 Å². The number of benzene rings is 3. The van der Waals surface area contributed by atoms with Gasteiger partial charge in [-0.3, -0.25) is 4.79 Å². The van der Waals surface area contributed by atoms with Gasteiger partial charge < -0.3 is 24.1 Å². The van der Waals surface area contributed by atoms with E-state index in [0.717, 1.165) is 16.5 Å². The van der Waals surface area contributed by atoms with Crippen LogP contribution in [0.25, 0.3) is 33.1 Å². The van der Waals surface area contributed by atoms with Crippen molar-refractivity contribution < 1.29 is 23.5 Å². The zero-order valence-corrected chi connectivity index (χ0v) is 20.7. The zero-order valence-electron chi connectivity index (χ0n) is 20.0. The Labute approximate surface area is 216 Å². The van der Waals surface area contributed by atoms with Crippen molar-refractivity contribution in [3.63, 3.8) is 0 Å². The van der Waals surface area contributed by atoms with E-state index in [1.54, 1.807) is 62.6 Å².